The van der Waals surface area contributed by atoms with Crippen molar-refractivity contribution in [1.29, 1.82) is 0 Å². The Bertz CT molecular complexity index is 597. The van der Waals surface area contributed by atoms with Gasteiger partial charge in [-0.15, -0.1) is 0 Å². The Hall–Kier alpha value is -1.72. The first-order valence-corrected chi connectivity index (χ1v) is 7.84. The number of hydrogen-bond donors (Lipinski definition) is 1. The van der Waals surface area contributed by atoms with Gasteiger partial charge in [0.25, 0.3) is 0 Å². The van der Waals surface area contributed by atoms with Crippen LogP contribution in [-0.2, 0) is 13.1 Å². The molecule has 3 rings (SSSR count). The van der Waals surface area contributed by atoms with E-state index in [0.717, 1.165) is 25.2 Å². The van der Waals surface area contributed by atoms with Gasteiger partial charge in [0.15, 0.2) is 0 Å². The van der Waals surface area contributed by atoms with Crippen LogP contribution in [0.5, 0.6) is 0 Å². The SMILES string of the molecule is C[C@@H]1CNC[C@H](C)N1Cc1cnn(Cc2ccc(F)cc2)c1. The molecule has 1 aromatic carbocycles. The topological polar surface area (TPSA) is 33.1 Å². The van der Waals surface area contributed by atoms with Crippen molar-refractivity contribution in [2.75, 3.05) is 13.1 Å². The average molecular weight is 302 g/mol. The van der Waals surface area contributed by atoms with Crippen molar-refractivity contribution in [2.24, 2.45) is 0 Å². The van der Waals surface area contributed by atoms with Crippen molar-refractivity contribution >= 4 is 0 Å². The molecule has 1 saturated heterocycles. The third kappa shape index (κ3) is 3.54. The predicted octanol–water partition coefficient (Wildman–Crippen LogP) is 2.25. The monoisotopic (exact) mass is 302 g/mol. The average Bonchev–Trinajstić information content (AvgIpc) is 2.93. The highest BCUT2D eigenvalue weighted by molar-refractivity contribution is 5.17. The number of aromatic nitrogens is 2. The molecule has 1 aliphatic rings. The maximum atomic E-state index is 12.9. The van der Waals surface area contributed by atoms with Gasteiger partial charge in [-0.25, -0.2) is 4.39 Å². The lowest BCUT2D eigenvalue weighted by atomic mass is 10.1. The minimum absolute atomic E-state index is 0.202. The molecule has 0 unspecified atom stereocenters. The van der Waals surface area contributed by atoms with Gasteiger partial charge in [-0.2, -0.15) is 5.10 Å². The molecule has 1 aromatic heterocycles. The standard InChI is InChI=1S/C17H23FN4/c1-13-7-19-8-14(2)22(13)12-16-9-20-21(11-16)10-15-3-5-17(18)6-4-15/h3-6,9,11,13-14,19H,7-8,10,12H2,1-2H3/t13-,14+. The van der Waals surface area contributed by atoms with Crippen LogP contribution in [-0.4, -0.2) is 39.9 Å². The van der Waals surface area contributed by atoms with Crippen molar-refractivity contribution in [3.05, 3.63) is 53.6 Å². The van der Waals surface area contributed by atoms with Crippen LogP contribution in [0.4, 0.5) is 4.39 Å². The Labute approximate surface area is 130 Å². The summed E-state index contributed by atoms with van der Waals surface area (Å²) in [5, 5.41) is 7.88. The summed E-state index contributed by atoms with van der Waals surface area (Å²) in [5.74, 6) is -0.202. The van der Waals surface area contributed by atoms with E-state index in [1.807, 2.05) is 10.9 Å². The van der Waals surface area contributed by atoms with Crippen LogP contribution < -0.4 is 5.32 Å². The lowest BCUT2D eigenvalue weighted by Gasteiger charge is -2.39. The van der Waals surface area contributed by atoms with Crippen LogP contribution in [0, 0.1) is 5.82 Å². The van der Waals surface area contributed by atoms with Crippen LogP contribution in [0.25, 0.3) is 0 Å². The zero-order chi connectivity index (χ0) is 15.5. The Morgan fingerprint density at radius 3 is 2.45 bits per heavy atom. The number of rotatable bonds is 4. The van der Waals surface area contributed by atoms with Gasteiger partial charge in [0.1, 0.15) is 5.82 Å². The smallest absolute Gasteiger partial charge is 0.123 e. The zero-order valence-corrected chi connectivity index (χ0v) is 13.2. The third-order valence-corrected chi connectivity index (χ3v) is 4.32. The second kappa shape index (κ2) is 6.58. The van der Waals surface area contributed by atoms with E-state index in [1.165, 1.54) is 17.7 Å². The summed E-state index contributed by atoms with van der Waals surface area (Å²) < 4.78 is 14.8. The molecule has 0 amide bonds. The predicted molar refractivity (Wildman–Crippen MR) is 85.1 cm³/mol. The quantitative estimate of drug-likeness (QED) is 0.940. The second-order valence-electron chi connectivity index (χ2n) is 6.20. The van der Waals surface area contributed by atoms with Crippen molar-refractivity contribution in [2.45, 2.75) is 39.0 Å². The van der Waals surface area contributed by atoms with Gasteiger partial charge in [-0.05, 0) is 31.5 Å². The van der Waals surface area contributed by atoms with Gasteiger partial charge in [0, 0.05) is 43.5 Å². The molecule has 22 heavy (non-hydrogen) atoms. The molecule has 1 N–H and O–H groups in total. The molecule has 0 saturated carbocycles. The van der Waals surface area contributed by atoms with Crippen LogP contribution >= 0.6 is 0 Å². The van der Waals surface area contributed by atoms with E-state index < -0.39 is 0 Å². The minimum Gasteiger partial charge on any atom is -0.314 e. The number of nitrogens with zero attached hydrogens (tertiary/aromatic N) is 3. The second-order valence-corrected chi connectivity index (χ2v) is 6.20. The number of piperazine rings is 1. The third-order valence-electron chi connectivity index (χ3n) is 4.32. The maximum absolute atomic E-state index is 12.9. The van der Waals surface area contributed by atoms with Crippen LogP contribution in [0.2, 0.25) is 0 Å². The summed E-state index contributed by atoms with van der Waals surface area (Å²) in [6.45, 7) is 8.18. The molecule has 5 heteroatoms. The molecule has 4 nitrogen and oxygen atoms in total. The maximum Gasteiger partial charge on any atom is 0.123 e. The molecule has 1 aliphatic heterocycles. The molecule has 2 heterocycles. The molecule has 1 fully saturated rings. The van der Waals surface area contributed by atoms with Gasteiger partial charge in [0.2, 0.25) is 0 Å². The summed E-state index contributed by atoms with van der Waals surface area (Å²) in [5.41, 5.74) is 2.28. The van der Waals surface area contributed by atoms with Crippen LogP contribution in [0.1, 0.15) is 25.0 Å². The molecule has 118 valence electrons. The van der Waals surface area contributed by atoms with E-state index in [1.54, 1.807) is 12.1 Å². The highest BCUT2D eigenvalue weighted by Crippen LogP contribution is 2.15. The molecular weight excluding hydrogens is 279 g/mol. The summed E-state index contributed by atoms with van der Waals surface area (Å²) in [7, 11) is 0. The molecule has 0 aliphatic carbocycles. The van der Waals surface area contributed by atoms with Crippen molar-refractivity contribution in [1.82, 2.24) is 20.0 Å². The van der Waals surface area contributed by atoms with Crippen LogP contribution in [0.15, 0.2) is 36.7 Å². The van der Waals surface area contributed by atoms with E-state index in [9.17, 15) is 4.39 Å². The molecular formula is C17H23FN4. The van der Waals surface area contributed by atoms with Crippen molar-refractivity contribution in [3.8, 4) is 0 Å². The van der Waals surface area contributed by atoms with E-state index in [-0.39, 0.29) is 5.82 Å². The van der Waals surface area contributed by atoms with Crippen molar-refractivity contribution < 1.29 is 4.39 Å². The van der Waals surface area contributed by atoms with Gasteiger partial charge >= 0.3 is 0 Å². The largest absolute Gasteiger partial charge is 0.314 e. The summed E-state index contributed by atoms with van der Waals surface area (Å²) in [6, 6.07) is 7.65. The van der Waals surface area contributed by atoms with Crippen LogP contribution in [0.3, 0.4) is 0 Å². The Morgan fingerprint density at radius 1 is 1.09 bits per heavy atom. The summed E-state index contributed by atoms with van der Waals surface area (Å²) in [6.07, 6.45) is 4.02. The molecule has 2 atom stereocenters. The van der Waals surface area contributed by atoms with Gasteiger partial charge in [-0.3, -0.25) is 9.58 Å². The van der Waals surface area contributed by atoms with Gasteiger partial charge in [0.05, 0.1) is 12.7 Å². The first-order chi connectivity index (χ1) is 10.6. The normalized spacial score (nSPS) is 22.9. The van der Waals surface area contributed by atoms with E-state index >= 15 is 0 Å². The number of halogens is 1. The van der Waals surface area contributed by atoms with Crippen molar-refractivity contribution in [3.63, 3.8) is 0 Å². The van der Waals surface area contributed by atoms with E-state index in [2.05, 4.69) is 35.4 Å². The van der Waals surface area contributed by atoms with Gasteiger partial charge < -0.3 is 5.32 Å². The highest BCUT2D eigenvalue weighted by atomic mass is 19.1. The number of nitrogens with one attached hydrogen (secondary N) is 1. The van der Waals surface area contributed by atoms with Gasteiger partial charge in [-0.1, -0.05) is 12.1 Å². The van der Waals surface area contributed by atoms with E-state index in [4.69, 9.17) is 0 Å². The lowest BCUT2D eigenvalue weighted by molar-refractivity contribution is 0.109. The molecule has 2 aromatic rings. The molecule has 0 bridgehead atoms. The Kier molecular flexibility index (Phi) is 4.55. The Balaban J connectivity index is 1.64. The molecule has 0 spiro atoms. The number of hydrogen-bond acceptors (Lipinski definition) is 3. The fourth-order valence-corrected chi connectivity index (χ4v) is 3.04. The summed E-state index contributed by atoms with van der Waals surface area (Å²) >= 11 is 0. The van der Waals surface area contributed by atoms with E-state index in [0.29, 0.717) is 18.6 Å². The first kappa shape index (κ1) is 15.2. The number of benzene rings is 1. The first-order valence-electron chi connectivity index (χ1n) is 7.84. The molecule has 0 radical (unpaired) electrons. The highest BCUT2D eigenvalue weighted by Gasteiger charge is 2.24. The zero-order valence-electron chi connectivity index (χ0n) is 13.2. The fraction of sp³-hybridized carbons (Fsp3) is 0.471. The fourth-order valence-electron chi connectivity index (χ4n) is 3.04. The minimum atomic E-state index is -0.202. The Morgan fingerprint density at radius 2 is 1.77 bits per heavy atom. The lowest BCUT2D eigenvalue weighted by Crippen LogP contribution is -2.54. The summed E-state index contributed by atoms with van der Waals surface area (Å²) in [4.78, 5) is 2.51.